The number of methoxy groups -OCH3 is 1. The molecule has 1 aromatic heterocycles. The Labute approximate surface area is 186 Å². The third-order valence-corrected chi connectivity index (χ3v) is 6.86. The molecule has 2 aliphatic heterocycles. The molecule has 2 aliphatic rings. The third kappa shape index (κ3) is 5.08. The van der Waals surface area contributed by atoms with Gasteiger partial charge in [-0.05, 0) is 42.0 Å². The van der Waals surface area contributed by atoms with E-state index < -0.39 is 6.04 Å². The number of amides is 2. The van der Waals surface area contributed by atoms with Crippen molar-refractivity contribution in [2.45, 2.75) is 24.9 Å². The molecule has 2 saturated heterocycles. The molecule has 0 saturated carbocycles. The van der Waals surface area contributed by atoms with Crippen LogP contribution in [0.4, 0.5) is 0 Å². The van der Waals surface area contributed by atoms with Crippen LogP contribution in [-0.2, 0) is 9.53 Å². The number of hydrogen-bond acceptors (Lipinski definition) is 6. The summed E-state index contributed by atoms with van der Waals surface area (Å²) in [6, 6.07) is 11.3. The second-order valence-corrected chi connectivity index (χ2v) is 8.76. The molecule has 31 heavy (non-hydrogen) atoms. The average molecular weight is 444 g/mol. The molecule has 0 radical (unpaired) electrons. The summed E-state index contributed by atoms with van der Waals surface area (Å²) >= 11 is 1.42. The minimum absolute atomic E-state index is 0.0432. The first-order chi connectivity index (χ1) is 15.2. The van der Waals surface area contributed by atoms with Crippen molar-refractivity contribution >= 4 is 23.2 Å². The number of hydrogen-bond donors (Lipinski definition) is 1. The summed E-state index contributed by atoms with van der Waals surface area (Å²) in [6.45, 7) is 4.12. The number of nitrogens with zero attached hydrogens (tertiary/aromatic N) is 2. The quantitative estimate of drug-likeness (QED) is 0.712. The molecule has 0 bridgehead atoms. The van der Waals surface area contributed by atoms with E-state index in [1.54, 1.807) is 12.0 Å². The summed E-state index contributed by atoms with van der Waals surface area (Å²) in [4.78, 5) is 30.6. The Morgan fingerprint density at radius 2 is 1.97 bits per heavy atom. The van der Waals surface area contributed by atoms with E-state index in [9.17, 15) is 9.59 Å². The SMILES string of the molecule is COc1ccc(C(CNC(=O)C2CCCN2C(=O)c2cccs2)N2CCOCC2)cc1. The van der Waals surface area contributed by atoms with E-state index in [0.29, 0.717) is 37.6 Å². The summed E-state index contributed by atoms with van der Waals surface area (Å²) in [7, 11) is 1.65. The van der Waals surface area contributed by atoms with Crippen molar-refractivity contribution in [3.63, 3.8) is 0 Å². The van der Waals surface area contributed by atoms with Gasteiger partial charge in [0.1, 0.15) is 11.8 Å². The smallest absolute Gasteiger partial charge is 0.264 e. The van der Waals surface area contributed by atoms with Gasteiger partial charge >= 0.3 is 0 Å². The van der Waals surface area contributed by atoms with Gasteiger partial charge in [-0.1, -0.05) is 18.2 Å². The first-order valence-corrected chi connectivity index (χ1v) is 11.6. The van der Waals surface area contributed by atoms with Gasteiger partial charge in [-0.15, -0.1) is 11.3 Å². The van der Waals surface area contributed by atoms with E-state index in [-0.39, 0.29) is 17.9 Å². The molecule has 8 heteroatoms. The minimum atomic E-state index is -0.407. The lowest BCUT2D eigenvalue weighted by atomic mass is 10.0. The molecule has 2 unspecified atom stereocenters. The lowest BCUT2D eigenvalue weighted by Crippen LogP contribution is -2.49. The monoisotopic (exact) mass is 443 g/mol. The fourth-order valence-electron chi connectivity index (χ4n) is 4.31. The van der Waals surface area contributed by atoms with E-state index in [2.05, 4.69) is 10.2 Å². The number of nitrogens with one attached hydrogen (secondary N) is 1. The van der Waals surface area contributed by atoms with Crippen molar-refractivity contribution in [1.82, 2.24) is 15.1 Å². The molecule has 1 aromatic carbocycles. The van der Waals surface area contributed by atoms with Crippen LogP contribution in [0.25, 0.3) is 0 Å². The Bertz CT molecular complexity index is 865. The van der Waals surface area contributed by atoms with Gasteiger partial charge in [-0.25, -0.2) is 0 Å². The number of thiophene rings is 1. The molecule has 7 nitrogen and oxygen atoms in total. The largest absolute Gasteiger partial charge is 0.497 e. The lowest BCUT2D eigenvalue weighted by molar-refractivity contribution is -0.125. The Morgan fingerprint density at radius 1 is 1.19 bits per heavy atom. The molecule has 0 aliphatic carbocycles. The number of rotatable bonds is 7. The second kappa shape index (κ2) is 10.3. The highest BCUT2D eigenvalue weighted by molar-refractivity contribution is 7.12. The normalized spacial score (nSPS) is 20.4. The molecule has 3 heterocycles. The van der Waals surface area contributed by atoms with E-state index in [1.165, 1.54) is 11.3 Å². The predicted molar refractivity (Wildman–Crippen MR) is 120 cm³/mol. The minimum Gasteiger partial charge on any atom is -0.497 e. The maximum atomic E-state index is 13.1. The molecule has 2 amide bonds. The zero-order valence-electron chi connectivity index (χ0n) is 17.8. The van der Waals surface area contributed by atoms with Gasteiger partial charge in [-0.2, -0.15) is 0 Å². The molecule has 166 valence electrons. The first-order valence-electron chi connectivity index (χ1n) is 10.8. The number of likely N-dealkylation sites (tertiary alicyclic amines) is 1. The lowest BCUT2D eigenvalue weighted by Gasteiger charge is -2.35. The number of morpholine rings is 1. The zero-order valence-corrected chi connectivity index (χ0v) is 18.6. The number of ether oxygens (including phenoxy) is 2. The molecular weight excluding hydrogens is 414 g/mol. The summed E-state index contributed by atoms with van der Waals surface area (Å²) in [5.41, 5.74) is 1.13. The van der Waals surface area contributed by atoms with Gasteiger partial charge in [0.15, 0.2) is 0 Å². The Morgan fingerprint density at radius 3 is 2.65 bits per heavy atom. The summed E-state index contributed by atoms with van der Waals surface area (Å²) in [6.07, 6.45) is 1.55. The van der Waals surface area contributed by atoms with Crippen LogP contribution >= 0.6 is 11.3 Å². The zero-order chi connectivity index (χ0) is 21.6. The van der Waals surface area contributed by atoms with Gasteiger partial charge in [0, 0.05) is 26.2 Å². The molecule has 4 rings (SSSR count). The van der Waals surface area contributed by atoms with Crippen molar-refractivity contribution in [1.29, 1.82) is 0 Å². The highest BCUT2D eigenvalue weighted by Crippen LogP contribution is 2.25. The van der Waals surface area contributed by atoms with Gasteiger partial charge in [0.25, 0.3) is 5.91 Å². The fourth-order valence-corrected chi connectivity index (χ4v) is 4.99. The summed E-state index contributed by atoms with van der Waals surface area (Å²) < 4.78 is 10.8. The highest BCUT2D eigenvalue weighted by atomic mass is 32.1. The standard InChI is InChI=1S/C23H29N3O4S/c1-29-18-8-6-17(7-9-18)20(25-11-13-30-14-12-25)16-24-22(27)19-4-2-10-26(19)23(28)21-5-3-15-31-21/h3,5-9,15,19-20H,2,4,10-14,16H2,1H3,(H,24,27). The van der Waals surface area contributed by atoms with Crippen molar-refractivity contribution in [3.8, 4) is 5.75 Å². The average Bonchev–Trinajstić information content (AvgIpc) is 3.52. The second-order valence-electron chi connectivity index (χ2n) is 7.82. The van der Waals surface area contributed by atoms with E-state index in [4.69, 9.17) is 9.47 Å². The van der Waals surface area contributed by atoms with Crippen LogP contribution in [0.3, 0.4) is 0 Å². The van der Waals surface area contributed by atoms with Gasteiger partial charge in [0.05, 0.1) is 31.2 Å². The van der Waals surface area contributed by atoms with Crippen LogP contribution in [0.15, 0.2) is 41.8 Å². The van der Waals surface area contributed by atoms with Crippen LogP contribution in [-0.4, -0.2) is 74.2 Å². The fraction of sp³-hybridized carbons (Fsp3) is 0.478. The molecule has 1 N–H and O–H groups in total. The Hall–Kier alpha value is -2.42. The maximum Gasteiger partial charge on any atom is 0.264 e. The highest BCUT2D eigenvalue weighted by Gasteiger charge is 2.35. The van der Waals surface area contributed by atoms with Crippen LogP contribution in [0.5, 0.6) is 5.75 Å². The predicted octanol–water partition coefficient (Wildman–Crippen LogP) is 2.55. The first kappa shape index (κ1) is 21.8. The van der Waals surface area contributed by atoms with Crippen molar-refractivity contribution < 1.29 is 19.1 Å². The van der Waals surface area contributed by atoms with E-state index in [0.717, 1.165) is 30.8 Å². The van der Waals surface area contributed by atoms with Gasteiger partial charge < -0.3 is 19.7 Å². The number of carbonyl (C=O) groups excluding carboxylic acids is 2. The molecule has 2 aromatic rings. The Kier molecular flexibility index (Phi) is 7.21. The summed E-state index contributed by atoms with van der Waals surface area (Å²) in [5.74, 6) is 0.684. The van der Waals surface area contributed by atoms with Crippen LogP contribution < -0.4 is 10.1 Å². The topological polar surface area (TPSA) is 71.1 Å². The molecule has 2 fully saturated rings. The van der Waals surface area contributed by atoms with E-state index >= 15 is 0 Å². The van der Waals surface area contributed by atoms with Crippen molar-refractivity contribution in [2.75, 3.05) is 46.5 Å². The van der Waals surface area contributed by atoms with Gasteiger partial charge in [0.2, 0.25) is 5.91 Å². The summed E-state index contributed by atoms with van der Waals surface area (Å²) in [5, 5.41) is 5.03. The maximum absolute atomic E-state index is 13.1. The molecular formula is C23H29N3O4S. The number of benzene rings is 1. The Balaban J connectivity index is 1.44. The number of carbonyl (C=O) groups is 2. The van der Waals surface area contributed by atoms with E-state index in [1.807, 2.05) is 41.8 Å². The van der Waals surface area contributed by atoms with Crippen molar-refractivity contribution in [3.05, 3.63) is 52.2 Å². The van der Waals surface area contributed by atoms with Crippen LogP contribution in [0.2, 0.25) is 0 Å². The third-order valence-electron chi connectivity index (χ3n) is 6.00. The molecule has 2 atom stereocenters. The molecule has 0 spiro atoms. The van der Waals surface area contributed by atoms with Crippen LogP contribution in [0, 0.1) is 0 Å². The van der Waals surface area contributed by atoms with Crippen molar-refractivity contribution in [2.24, 2.45) is 0 Å². The van der Waals surface area contributed by atoms with Crippen LogP contribution in [0.1, 0.15) is 34.1 Å². The van der Waals surface area contributed by atoms with Gasteiger partial charge in [-0.3, -0.25) is 14.5 Å².